The van der Waals surface area contributed by atoms with E-state index < -0.39 is 0 Å². The first-order valence-corrected chi connectivity index (χ1v) is 8.88. The molecule has 0 saturated carbocycles. The number of thiazole rings is 1. The number of benzene rings is 1. The molecular weight excluding hydrogens is 324 g/mol. The molecule has 1 aromatic carbocycles. The number of nitrogens with zero attached hydrogens (tertiary/aromatic N) is 3. The van der Waals surface area contributed by atoms with E-state index in [1.54, 1.807) is 0 Å². The molecule has 0 bridgehead atoms. The zero-order valence-electron chi connectivity index (χ0n) is 10.9. The van der Waals surface area contributed by atoms with E-state index in [1.165, 1.54) is 34.4 Å². The topological polar surface area (TPSA) is 67.8 Å². The number of hydrogen-bond acceptors (Lipinski definition) is 7. The number of nitrogens with one attached hydrogen (secondary N) is 1. The standard InChI is InChI=1S/C13H10N4OS3/c1-19-13-17-16-12(21-13)15-10(18)11-14-9(7-20-11)8-5-3-2-4-6-8/h2-7H,1H3,(H,15,16,18). The van der Waals surface area contributed by atoms with Crippen molar-refractivity contribution in [3.8, 4) is 11.3 Å². The third-order valence-corrected chi connectivity index (χ3v) is 5.22. The van der Waals surface area contributed by atoms with E-state index in [2.05, 4.69) is 20.5 Å². The van der Waals surface area contributed by atoms with Crippen LogP contribution in [0.3, 0.4) is 0 Å². The van der Waals surface area contributed by atoms with Crippen molar-refractivity contribution >= 4 is 45.5 Å². The van der Waals surface area contributed by atoms with Gasteiger partial charge in [0.15, 0.2) is 9.35 Å². The maximum absolute atomic E-state index is 12.1. The number of aromatic nitrogens is 3. The fourth-order valence-electron chi connectivity index (χ4n) is 1.61. The Bertz CT molecular complexity index is 754. The van der Waals surface area contributed by atoms with Gasteiger partial charge in [-0.05, 0) is 6.26 Å². The molecule has 3 rings (SSSR count). The summed E-state index contributed by atoms with van der Waals surface area (Å²) in [6.07, 6.45) is 1.92. The van der Waals surface area contributed by atoms with Gasteiger partial charge in [-0.2, -0.15) is 0 Å². The lowest BCUT2D eigenvalue weighted by atomic mass is 10.2. The van der Waals surface area contributed by atoms with E-state index in [-0.39, 0.29) is 5.91 Å². The number of carbonyl (C=O) groups is 1. The smallest absolute Gasteiger partial charge is 0.286 e. The Morgan fingerprint density at radius 2 is 2.05 bits per heavy atom. The molecule has 5 nitrogen and oxygen atoms in total. The molecule has 3 aromatic rings. The first-order chi connectivity index (χ1) is 10.3. The fraction of sp³-hybridized carbons (Fsp3) is 0.0769. The second-order valence-corrected chi connectivity index (χ2v) is 6.82. The average Bonchev–Trinajstić information content (AvgIpc) is 3.17. The van der Waals surface area contributed by atoms with Crippen molar-refractivity contribution in [1.82, 2.24) is 15.2 Å². The van der Waals surface area contributed by atoms with Crippen molar-refractivity contribution in [2.24, 2.45) is 0 Å². The molecule has 2 heterocycles. The van der Waals surface area contributed by atoms with Crippen molar-refractivity contribution in [2.45, 2.75) is 4.34 Å². The Balaban J connectivity index is 1.75. The highest BCUT2D eigenvalue weighted by Crippen LogP contribution is 2.25. The minimum absolute atomic E-state index is 0.258. The van der Waals surface area contributed by atoms with Gasteiger partial charge in [0.1, 0.15) is 0 Å². The van der Waals surface area contributed by atoms with E-state index in [9.17, 15) is 4.79 Å². The Morgan fingerprint density at radius 1 is 1.24 bits per heavy atom. The summed E-state index contributed by atoms with van der Waals surface area (Å²) in [7, 11) is 0. The van der Waals surface area contributed by atoms with Crippen LogP contribution in [-0.4, -0.2) is 27.3 Å². The quantitative estimate of drug-likeness (QED) is 0.583. The van der Waals surface area contributed by atoms with Crippen LogP contribution >= 0.6 is 34.4 Å². The van der Waals surface area contributed by atoms with Crippen LogP contribution in [0.15, 0.2) is 40.1 Å². The Labute approximate surface area is 133 Å². The van der Waals surface area contributed by atoms with Crippen LogP contribution in [0.1, 0.15) is 9.80 Å². The third-order valence-electron chi connectivity index (χ3n) is 2.57. The average molecular weight is 334 g/mol. The number of hydrogen-bond donors (Lipinski definition) is 1. The molecule has 0 aliphatic carbocycles. The number of amides is 1. The molecule has 0 atom stereocenters. The summed E-state index contributed by atoms with van der Waals surface area (Å²) >= 11 is 4.15. The molecule has 0 unspecified atom stereocenters. The number of carbonyl (C=O) groups excluding carboxylic acids is 1. The van der Waals surface area contributed by atoms with Crippen LogP contribution in [0.5, 0.6) is 0 Å². The van der Waals surface area contributed by atoms with Crippen molar-refractivity contribution < 1.29 is 4.79 Å². The molecule has 0 radical (unpaired) electrons. The van der Waals surface area contributed by atoms with Gasteiger partial charge in [-0.15, -0.1) is 21.5 Å². The van der Waals surface area contributed by atoms with Crippen LogP contribution in [0, 0.1) is 0 Å². The Kier molecular flexibility index (Phi) is 4.28. The van der Waals surface area contributed by atoms with Crippen LogP contribution in [0.2, 0.25) is 0 Å². The zero-order chi connectivity index (χ0) is 14.7. The lowest BCUT2D eigenvalue weighted by Crippen LogP contribution is -2.11. The molecule has 106 valence electrons. The summed E-state index contributed by atoms with van der Waals surface area (Å²) < 4.78 is 0.814. The van der Waals surface area contributed by atoms with Gasteiger partial charge >= 0.3 is 0 Å². The molecular formula is C13H10N4OS3. The van der Waals surface area contributed by atoms with E-state index in [0.717, 1.165) is 15.6 Å². The lowest BCUT2D eigenvalue weighted by molar-refractivity contribution is 0.102. The summed E-state index contributed by atoms with van der Waals surface area (Å²) in [5.74, 6) is -0.258. The summed E-state index contributed by atoms with van der Waals surface area (Å²) in [5.41, 5.74) is 1.79. The Morgan fingerprint density at radius 3 is 2.76 bits per heavy atom. The van der Waals surface area contributed by atoms with E-state index >= 15 is 0 Å². The molecule has 2 aromatic heterocycles. The van der Waals surface area contributed by atoms with Crippen LogP contribution in [-0.2, 0) is 0 Å². The number of anilines is 1. The van der Waals surface area contributed by atoms with E-state index in [0.29, 0.717) is 10.1 Å². The third kappa shape index (κ3) is 3.29. The summed E-state index contributed by atoms with van der Waals surface area (Å²) in [6, 6.07) is 9.76. The SMILES string of the molecule is CSc1nnc(NC(=O)c2nc(-c3ccccc3)cs2)s1. The minimum Gasteiger partial charge on any atom is -0.294 e. The van der Waals surface area contributed by atoms with Gasteiger partial charge in [0.25, 0.3) is 5.91 Å². The monoisotopic (exact) mass is 334 g/mol. The minimum atomic E-state index is -0.258. The lowest BCUT2D eigenvalue weighted by Gasteiger charge is -1.96. The molecule has 0 aliphatic rings. The highest BCUT2D eigenvalue weighted by molar-refractivity contribution is 8.00. The second-order valence-electron chi connectivity index (χ2n) is 3.94. The van der Waals surface area contributed by atoms with Gasteiger partial charge in [-0.25, -0.2) is 4.98 Å². The molecule has 0 spiro atoms. The molecule has 0 saturated heterocycles. The largest absolute Gasteiger partial charge is 0.294 e. The highest BCUT2D eigenvalue weighted by atomic mass is 32.2. The van der Waals surface area contributed by atoms with E-state index in [1.807, 2.05) is 42.0 Å². The van der Waals surface area contributed by atoms with Crippen molar-refractivity contribution in [3.63, 3.8) is 0 Å². The van der Waals surface area contributed by atoms with E-state index in [4.69, 9.17) is 0 Å². The molecule has 1 N–H and O–H groups in total. The van der Waals surface area contributed by atoms with Gasteiger partial charge in [-0.1, -0.05) is 53.4 Å². The van der Waals surface area contributed by atoms with Gasteiger partial charge < -0.3 is 0 Å². The van der Waals surface area contributed by atoms with Crippen molar-refractivity contribution in [3.05, 3.63) is 40.7 Å². The number of rotatable bonds is 4. The summed E-state index contributed by atoms with van der Waals surface area (Å²) in [5, 5.41) is 13.3. The first-order valence-electron chi connectivity index (χ1n) is 5.96. The van der Waals surface area contributed by atoms with Crippen molar-refractivity contribution in [1.29, 1.82) is 0 Å². The predicted octanol–water partition coefficient (Wildman–Crippen LogP) is 3.64. The summed E-state index contributed by atoms with van der Waals surface area (Å²) in [6.45, 7) is 0. The number of thioether (sulfide) groups is 1. The van der Waals surface area contributed by atoms with Gasteiger partial charge in [0.05, 0.1) is 5.69 Å². The Hall–Kier alpha value is -1.77. The normalized spacial score (nSPS) is 10.5. The predicted molar refractivity (Wildman–Crippen MR) is 87.2 cm³/mol. The first kappa shape index (κ1) is 14.2. The second kappa shape index (κ2) is 6.33. The van der Waals surface area contributed by atoms with Gasteiger partial charge in [-0.3, -0.25) is 10.1 Å². The van der Waals surface area contributed by atoms with Gasteiger partial charge in [0.2, 0.25) is 5.13 Å². The maximum atomic E-state index is 12.1. The molecule has 1 amide bonds. The molecule has 0 fully saturated rings. The van der Waals surface area contributed by atoms with Gasteiger partial charge in [0, 0.05) is 10.9 Å². The fourth-order valence-corrected chi connectivity index (χ4v) is 3.50. The maximum Gasteiger partial charge on any atom is 0.286 e. The van der Waals surface area contributed by atoms with Crippen molar-refractivity contribution in [2.75, 3.05) is 11.6 Å². The van der Waals surface area contributed by atoms with Crippen LogP contribution < -0.4 is 5.32 Å². The molecule has 0 aliphatic heterocycles. The highest BCUT2D eigenvalue weighted by Gasteiger charge is 2.14. The molecule has 21 heavy (non-hydrogen) atoms. The zero-order valence-corrected chi connectivity index (χ0v) is 13.4. The summed E-state index contributed by atoms with van der Waals surface area (Å²) in [4.78, 5) is 16.5. The molecule has 8 heteroatoms. The van der Waals surface area contributed by atoms with Crippen LogP contribution in [0.25, 0.3) is 11.3 Å². The van der Waals surface area contributed by atoms with Crippen LogP contribution in [0.4, 0.5) is 5.13 Å².